The zero-order chi connectivity index (χ0) is 15.6. The van der Waals surface area contributed by atoms with Crippen molar-refractivity contribution < 1.29 is 0 Å². The number of rotatable bonds is 4. The van der Waals surface area contributed by atoms with Gasteiger partial charge < -0.3 is 0 Å². The molecule has 4 rings (SSSR count). The minimum Gasteiger partial charge on any atom is -0.103 e. The Morgan fingerprint density at radius 1 is 1.04 bits per heavy atom. The van der Waals surface area contributed by atoms with Gasteiger partial charge in [-0.2, -0.15) is 0 Å². The van der Waals surface area contributed by atoms with Crippen molar-refractivity contribution in [2.24, 2.45) is 0 Å². The van der Waals surface area contributed by atoms with Crippen molar-refractivity contribution in [3.63, 3.8) is 0 Å². The van der Waals surface area contributed by atoms with E-state index in [2.05, 4.69) is 79.4 Å². The Kier molecular flexibility index (Phi) is 3.59. The zero-order valence-electron chi connectivity index (χ0n) is 13.2. The van der Waals surface area contributed by atoms with E-state index in [0.29, 0.717) is 5.92 Å². The molecular weight excluding hydrogens is 276 g/mol. The molecule has 0 radical (unpaired) electrons. The molecule has 0 aromatic heterocycles. The first-order valence-corrected chi connectivity index (χ1v) is 8.25. The van der Waals surface area contributed by atoms with Gasteiger partial charge in [-0.1, -0.05) is 72.8 Å². The third-order valence-corrected chi connectivity index (χ3v) is 4.76. The van der Waals surface area contributed by atoms with E-state index in [1.807, 2.05) is 6.08 Å². The number of hydrogen-bond donors (Lipinski definition) is 0. The SMILES string of the molecule is C=CCC1C=Cc2cc(C3=CC(c4ccccc4)=CC3)ccc21. The molecule has 0 heteroatoms. The summed E-state index contributed by atoms with van der Waals surface area (Å²) in [4.78, 5) is 0. The van der Waals surface area contributed by atoms with Crippen molar-refractivity contribution in [1.82, 2.24) is 0 Å². The highest BCUT2D eigenvalue weighted by Crippen LogP contribution is 2.37. The summed E-state index contributed by atoms with van der Waals surface area (Å²) in [7, 11) is 0. The van der Waals surface area contributed by atoms with E-state index >= 15 is 0 Å². The van der Waals surface area contributed by atoms with Crippen LogP contribution in [-0.2, 0) is 0 Å². The lowest BCUT2D eigenvalue weighted by atomic mass is 9.94. The molecule has 2 aromatic rings. The molecule has 0 saturated heterocycles. The summed E-state index contributed by atoms with van der Waals surface area (Å²) in [5.41, 5.74) is 8.18. The fourth-order valence-corrected chi connectivity index (χ4v) is 3.52. The molecule has 0 nitrogen and oxygen atoms in total. The first-order chi connectivity index (χ1) is 11.3. The summed E-state index contributed by atoms with van der Waals surface area (Å²) >= 11 is 0. The van der Waals surface area contributed by atoms with Crippen LogP contribution < -0.4 is 0 Å². The lowest BCUT2D eigenvalue weighted by Gasteiger charge is -2.10. The first kappa shape index (κ1) is 14.0. The van der Waals surface area contributed by atoms with Gasteiger partial charge in [-0.25, -0.2) is 0 Å². The molecule has 0 saturated carbocycles. The molecule has 1 unspecified atom stereocenters. The summed E-state index contributed by atoms with van der Waals surface area (Å²) in [5, 5.41) is 0. The van der Waals surface area contributed by atoms with Crippen molar-refractivity contribution in [2.75, 3.05) is 0 Å². The van der Waals surface area contributed by atoms with E-state index in [9.17, 15) is 0 Å². The van der Waals surface area contributed by atoms with Gasteiger partial charge in [0.2, 0.25) is 0 Å². The van der Waals surface area contributed by atoms with Crippen molar-refractivity contribution in [2.45, 2.75) is 18.8 Å². The van der Waals surface area contributed by atoms with Crippen LogP contribution in [0.15, 0.2) is 79.4 Å². The fourth-order valence-electron chi connectivity index (χ4n) is 3.52. The summed E-state index contributed by atoms with van der Waals surface area (Å²) in [6.07, 6.45) is 13.3. The Labute approximate surface area is 138 Å². The Balaban J connectivity index is 1.61. The highest BCUT2D eigenvalue weighted by Gasteiger charge is 2.17. The van der Waals surface area contributed by atoms with Crippen molar-refractivity contribution >= 4 is 17.2 Å². The predicted molar refractivity (Wildman–Crippen MR) is 100 cm³/mol. The van der Waals surface area contributed by atoms with Crippen LogP contribution in [0.5, 0.6) is 0 Å². The standard InChI is InChI=1S/C23H20/c1-2-6-18-9-12-22-16-21(13-14-23(18)22)20-11-10-19(15-20)17-7-4-3-5-8-17/h2-5,7-10,12-16,18H,1,6,11H2. The average molecular weight is 296 g/mol. The van der Waals surface area contributed by atoms with Crippen LogP contribution in [0.4, 0.5) is 0 Å². The molecular formula is C23H20. The maximum atomic E-state index is 3.86. The molecule has 2 aliphatic carbocycles. The molecule has 2 aliphatic rings. The largest absolute Gasteiger partial charge is 0.103 e. The quantitative estimate of drug-likeness (QED) is 0.585. The Bertz CT molecular complexity index is 832. The van der Waals surface area contributed by atoms with Crippen LogP contribution in [0.2, 0.25) is 0 Å². The molecule has 0 spiro atoms. The Morgan fingerprint density at radius 2 is 1.91 bits per heavy atom. The van der Waals surface area contributed by atoms with Gasteiger partial charge in [0, 0.05) is 5.92 Å². The lowest BCUT2D eigenvalue weighted by molar-refractivity contribution is 0.881. The van der Waals surface area contributed by atoms with Gasteiger partial charge in [0.05, 0.1) is 0 Å². The number of hydrogen-bond acceptors (Lipinski definition) is 0. The number of fused-ring (bicyclic) bond motifs is 1. The van der Waals surface area contributed by atoms with Crippen LogP contribution in [0.25, 0.3) is 17.2 Å². The normalized spacial score (nSPS) is 18.5. The second kappa shape index (κ2) is 5.89. The second-order valence-corrected chi connectivity index (χ2v) is 6.23. The van der Waals surface area contributed by atoms with Gasteiger partial charge >= 0.3 is 0 Å². The smallest absolute Gasteiger partial charge is 0.00616 e. The van der Waals surface area contributed by atoms with Crippen LogP contribution in [0.3, 0.4) is 0 Å². The lowest BCUT2D eigenvalue weighted by Crippen LogP contribution is -1.92. The molecule has 0 N–H and O–H groups in total. The number of benzene rings is 2. The van der Waals surface area contributed by atoms with E-state index < -0.39 is 0 Å². The molecule has 23 heavy (non-hydrogen) atoms. The van der Waals surface area contributed by atoms with Gasteiger partial charge in [-0.05, 0) is 52.3 Å². The van der Waals surface area contributed by atoms with E-state index in [1.165, 1.54) is 33.4 Å². The van der Waals surface area contributed by atoms with Crippen LogP contribution >= 0.6 is 0 Å². The van der Waals surface area contributed by atoms with Gasteiger partial charge in [0.15, 0.2) is 0 Å². The van der Waals surface area contributed by atoms with E-state index in [1.54, 1.807) is 0 Å². The summed E-state index contributed by atoms with van der Waals surface area (Å²) in [6, 6.07) is 17.5. The van der Waals surface area contributed by atoms with Crippen LogP contribution in [-0.4, -0.2) is 0 Å². The monoisotopic (exact) mass is 296 g/mol. The van der Waals surface area contributed by atoms with Gasteiger partial charge in [0.25, 0.3) is 0 Å². The number of allylic oxidation sites excluding steroid dienone is 6. The molecule has 2 aromatic carbocycles. The Morgan fingerprint density at radius 3 is 2.74 bits per heavy atom. The first-order valence-electron chi connectivity index (χ1n) is 8.25. The Hall–Kier alpha value is -2.60. The molecule has 0 aliphatic heterocycles. The minimum absolute atomic E-state index is 0.507. The highest BCUT2D eigenvalue weighted by molar-refractivity contribution is 5.89. The minimum atomic E-state index is 0.507. The molecule has 112 valence electrons. The molecule has 0 heterocycles. The predicted octanol–water partition coefficient (Wildman–Crippen LogP) is 6.24. The summed E-state index contributed by atoms with van der Waals surface area (Å²) in [5.74, 6) is 0.507. The maximum absolute atomic E-state index is 3.86. The molecule has 0 amide bonds. The second-order valence-electron chi connectivity index (χ2n) is 6.23. The van der Waals surface area contributed by atoms with E-state index in [0.717, 1.165) is 12.8 Å². The van der Waals surface area contributed by atoms with Crippen LogP contribution in [0, 0.1) is 0 Å². The fraction of sp³-hybridized carbons (Fsp3) is 0.130. The third kappa shape index (κ3) is 2.61. The van der Waals surface area contributed by atoms with E-state index in [4.69, 9.17) is 0 Å². The average Bonchev–Trinajstić information content (AvgIpc) is 3.23. The van der Waals surface area contributed by atoms with Crippen molar-refractivity contribution in [1.29, 1.82) is 0 Å². The van der Waals surface area contributed by atoms with Crippen molar-refractivity contribution in [3.05, 3.63) is 102 Å². The molecule has 0 fully saturated rings. The van der Waals surface area contributed by atoms with E-state index in [-0.39, 0.29) is 0 Å². The van der Waals surface area contributed by atoms with Gasteiger partial charge in [-0.15, -0.1) is 6.58 Å². The van der Waals surface area contributed by atoms with Crippen LogP contribution in [0.1, 0.15) is 41.0 Å². The summed E-state index contributed by atoms with van der Waals surface area (Å²) < 4.78 is 0. The van der Waals surface area contributed by atoms with Gasteiger partial charge in [0.1, 0.15) is 0 Å². The third-order valence-electron chi connectivity index (χ3n) is 4.76. The highest BCUT2D eigenvalue weighted by atomic mass is 14.2. The zero-order valence-corrected chi connectivity index (χ0v) is 13.2. The maximum Gasteiger partial charge on any atom is 0.00616 e. The van der Waals surface area contributed by atoms with Crippen molar-refractivity contribution in [3.8, 4) is 0 Å². The van der Waals surface area contributed by atoms with Gasteiger partial charge in [-0.3, -0.25) is 0 Å². The molecule has 1 atom stereocenters. The summed E-state index contributed by atoms with van der Waals surface area (Å²) in [6.45, 7) is 3.86. The topological polar surface area (TPSA) is 0 Å². The molecule has 0 bridgehead atoms.